The van der Waals surface area contributed by atoms with Gasteiger partial charge in [-0.25, -0.2) is 4.98 Å². The predicted octanol–water partition coefficient (Wildman–Crippen LogP) is 3.12. The Morgan fingerprint density at radius 1 is 1.11 bits per heavy atom. The summed E-state index contributed by atoms with van der Waals surface area (Å²) in [6, 6.07) is 11.5. The number of benzene rings is 1. The maximum absolute atomic E-state index is 13.0. The summed E-state index contributed by atoms with van der Waals surface area (Å²) < 4.78 is 5.84. The molecule has 2 aromatic heterocycles. The number of ether oxygens (including phenoxy) is 1. The van der Waals surface area contributed by atoms with E-state index in [2.05, 4.69) is 20.6 Å². The largest absolute Gasteiger partial charge is 0.467 e. The number of halogens is 1. The van der Waals surface area contributed by atoms with Crippen LogP contribution in [0.1, 0.15) is 24.1 Å². The van der Waals surface area contributed by atoms with Crippen molar-refractivity contribution >= 4 is 46.7 Å². The van der Waals surface area contributed by atoms with Gasteiger partial charge in [-0.3, -0.25) is 19.4 Å². The molecule has 0 spiro atoms. The number of thiazole rings is 1. The average Bonchev–Trinajstić information content (AvgIpc) is 3.45. The first-order chi connectivity index (χ1) is 18.5. The van der Waals surface area contributed by atoms with Crippen LogP contribution in [0.2, 0.25) is 5.02 Å². The molecule has 3 heterocycles. The Hall–Kier alpha value is -3.76. The molecule has 0 aliphatic carbocycles. The molecule has 3 aromatic rings. The summed E-state index contributed by atoms with van der Waals surface area (Å²) in [4.78, 5) is 48.5. The summed E-state index contributed by atoms with van der Waals surface area (Å²) >= 11 is 7.34. The minimum Gasteiger partial charge on any atom is -0.467 e. The second-order valence-electron chi connectivity index (χ2n) is 8.69. The molecule has 198 valence electrons. The number of piperidine rings is 1. The minimum absolute atomic E-state index is 0.0127. The molecular weight excluding hydrogens is 526 g/mol. The Kier molecular flexibility index (Phi) is 9.83. The van der Waals surface area contributed by atoms with Crippen LogP contribution in [-0.2, 0) is 20.8 Å². The van der Waals surface area contributed by atoms with Crippen molar-refractivity contribution in [1.82, 2.24) is 25.5 Å². The quantitative estimate of drug-likeness (QED) is 0.373. The van der Waals surface area contributed by atoms with Gasteiger partial charge in [0.05, 0.1) is 6.54 Å². The van der Waals surface area contributed by atoms with Crippen molar-refractivity contribution in [3.63, 3.8) is 0 Å². The van der Waals surface area contributed by atoms with Gasteiger partial charge in [-0.2, -0.15) is 0 Å². The van der Waals surface area contributed by atoms with Gasteiger partial charge in [-0.05, 0) is 35.9 Å². The van der Waals surface area contributed by atoms with Crippen LogP contribution >= 0.6 is 22.9 Å². The van der Waals surface area contributed by atoms with Crippen LogP contribution in [0.15, 0.2) is 66.3 Å². The number of nitrogens with zero attached hydrogens (tertiary/aromatic N) is 3. The number of hydrogen-bond donors (Lipinski definition) is 2. The van der Waals surface area contributed by atoms with Crippen molar-refractivity contribution in [2.45, 2.75) is 31.4 Å². The molecule has 1 aliphatic heterocycles. The zero-order valence-electron chi connectivity index (χ0n) is 20.6. The maximum Gasteiger partial charge on any atom is 0.273 e. The van der Waals surface area contributed by atoms with Crippen molar-refractivity contribution in [1.29, 1.82) is 0 Å². The number of likely N-dealkylation sites (tertiary alicyclic amines) is 1. The van der Waals surface area contributed by atoms with Gasteiger partial charge >= 0.3 is 0 Å². The highest BCUT2D eigenvalue weighted by molar-refractivity contribution is 7.11. The molecule has 1 aromatic carbocycles. The van der Waals surface area contributed by atoms with Crippen molar-refractivity contribution in [2.24, 2.45) is 0 Å². The summed E-state index contributed by atoms with van der Waals surface area (Å²) in [6.45, 7) is 0.911. The Labute approximate surface area is 229 Å². The van der Waals surface area contributed by atoms with Crippen LogP contribution in [0, 0.1) is 0 Å². The van der Waals surface area contributed by atoms with Gasteiger partial charge in [0.1, 0.15) is 12.1 Å². The number of aromatic nitrogens is 2. The molecule has 1 fully saturated rings. The zero-order chi connectivity index (χ0) is 26.7. The van der Waals surface area contributed by atoms with Crippen LogP contribution in [0.5, 0.6) is 5.19 Å². The monoisotopic (exact) mass is 553 g/mol. The van der Waals surface area contributed by atoms with Gasteiger partial charge in [0, 0.05) is 66.9 Å². The fraction of sp³-hybridized carbons (Fsp3) is 0.296. The topological polar surface area (TPSA) is 114 Å². The molecule has 0 radical (unpaired) electrons. The number of carbonyl (C=O) groups is 3. The first-order valence-corrected chi connectivity index (χ1v) is 13.5. The normalized spacial score (nSPS) is 14.7. The molecule has 1 atom stereocenters. The molecule has 0 saturated carbocycles. The van der Waals surface area contributed by atoms with Gasteiger partial charge in [0.15, 0.2) is 0 Å². The standard InChI is InChI=1S/C27H28ClN5O4S/c28-20-7-4-19(5-8-20)6-9-24(34)32-23(17-21-3-1-2-12-29-21)26(36)31-18-25(35)33-14-10-22(11-15-33)37-27-30-13-16-38-27/h1-9,12-13,16,22-23H,10-11,14-15,17-18H2,(H,31,36)(H,32,34)/b9-6+/t23-/m0/s1. The highest BCUT2D eigenvalue weighted by Crippen LogP contribution is 2.21. The fourth-order valence-electron chi connectivity index (χ4n) is 3.93. The van der Waals surface area contributed by atoms with E-state index in [9.17, 15) is 14.4 Å². The summed E-state index contributed by atoms with van der Waals surface area (Å²) in [6.07, 6.45) is 7.88. The third-order valence-corrected chi connectivity index (χ3v) is 6.87. The molecular formula is C27H28ClN5O4S. The first-order valence-electron chi connectivity index (χ1n) is 12.2. The van der Waals surface area contributed by atoms with Gasteiger partial charge < -0.3 is 20.3 Å². The smallest absolute Gasteiger partial charge is 0.273 e. The molecule has 0 unspecified atom stereocenters. The van der Waals surface area contributed by atoms with Crippen LogP contribution in [0.3, 0.4) is 0 Å². The highest BCUT2D eigenvalue weighted by Gasteiger charge is 2.26. The Balaban J connectivity index is 1.29. The SMILES string of the molecule is O=C(/C=C/c1ccc(Cl)cc1)N[C@@H](Cc1ccccn1)C(=O)NCC(=O)N1CCC(Oc2nccs2)CC1. The van der Waals surface area contributed by atoms with Crippen molar-refractivity contribution in [2.75, 3.05) is 19.6 Å². The molecule has 9 nitrogen and oxygen atoms in total. The van der Waals surface area contributed by atoms with E-state index in [-0.39, 0.29) is 25.0 Å². The molecule has 38 heavy (non-hydrogen) atoms. The predicted molar refractivity (Wildman–Crippen MR) is 146 cm³/mol. The summed E-state index contributed by atoms with van der Waals surface area (Å²) in [5, 5.41) is 8.50. The summed E-state index contributed by atoms with van der Waals surface area (Å²) in [5.74, 6) is -1.08. The van der Waals surface area contributed by atoms with Crippen LogP contribution in [0.4, 0.5) is 0 Å². The molecule has 11 heteroatoms. The molecule has 1 aliphatic rings. The van der Waals surface area contributed by atoms with Gasteiger partial charge in [0.25, 0.3) is 5.19 Å². The lowest BCUT2D eigenvalue weighted by atomic mass is 10.1. The Bertz CT molecular complexity index is 1230. The minimum atomic E-state index is -0.905. The second kappa shape index (κ2) is 13.7. The van der Waals surface area contributed by atoms with Gasteiger partial charge in [-0.15, -0.1) is 0 Å². The van der Waals surface area contributed by atoms with E-state index in [0.29, 0.717) is 41.8 Å². The lowest BCUT2D eigenvalue weighted by Crippen LogP contribution is -2.51. The van der Waals surface area contributed by atoms with Gasteiger partial charge in [-0.1, -0.05) is 41.1 Å². The van der Waals surface area contributed by atoms with E-state index in [0.717, 1.165) is 5.56 Å². The zero-order valence-corrected chi connectivity index (χ0v) is 22.2. The van der Waals surface area contributed by atoms with Gasteiger partial charge in [0.2, 0.25) is 17.7 Å². The number of carbonyl (C=O) groups excluding carboxylic acids is 3. The molecule has 4 rings (SSSR count). The lowest BCUT2D eigenvalue weighted by molar-refractivity contribution is -0.135. The van der Waals surface area contributed by atoms with Crippen LogP contribution in [0.25, 0.3) is 6.08 Å². The van der Waals surface area contributed by atoms with E-state index >= 15 is 0 Å². The van der Waals surface area contributed by atoms with E-state index < -0.39 is 17.9 Å². The van der Waals surface area contributed by atoms with E-state index in [1.165, 1.54) is 17.4 Å². The van der Waals surface area contributed by atoms with E-state index in [1.807, 2.05) is 11.4 Å². The fourth-order valence-corrected chi connectivity index (χ4v) is 4.61. The summed E-state index contributed by atoms with van der Waals surface area (Å²) in [7, 11) is 0. The Morgan fingerprint density at radius 2 is 1.89 bits per heavy atom. The highest BCUT2D eigenvalue weighted by atomic mass is 35.5. The van der Waals surface area contributed by atoms with Crippen LogP contribution in [-0.4, -0.2) is 64.4 Å². The first kappa shape index (κ1) is 27.3. The molecule has 2 N–H and O–H groups in total. The lowest BCUT2D eigenvalue weighted by Gasteiger charge is -2.31. The van der Waals surface area contributed by atoms with Crippen molar-refractivity contribution in [3.05, 3.63) is 82.6 Å². The second-order valence-corrected chi connectivity index (χ2v) is 9.98. The number of nitrogens with one attached hydrogen (secondary N) is 2. The van der Waals surface area contributed by atoms with Crippen molar-refractivity contribution < 1.29 is 19.1 Å². The molecule has 3 amide bonds. The average molecular weight is 554 g/mol. The Morgan fingerprint density at radius 3 is 2.58 bits per heavy atom. The third kappa shape index (κ3) is 8.39. The number of hydrogen-bond acceptors (Lipinski definition) is 7. The molecule has 0 bridgehead atoms. The van der Waals surface area contributed by atoms with Crippen molar-refractivity contribution in [3.8, 4) is 5.19 Å². The number of rotatable bonds is 10. The molecule has 1 saturated heterocycles. The van der Waals surface area contributed by atoms with E-state index in [1.54, 1.807) is 59.8 Å². The number of amides is 3. The summed E-state index contributed by atoms with van der Waals surface area (Å²) in [5.41, 5.74) is 1.44. The maximum atomic E-state index is 13.0. The number of pyridine rings is 1. The van der Waals surface area contributed by atoms with Crippen LogP contribution < -0.4 is 15.4 Å². The van der Waals surface area contributed by atoms with E-state index in [4.69, 9.17) is 16.3 Å². The third-order valence-electron chi connectivity index (χ3n) is 5.96.